The van der Waals surface area contributed by atoms with Crippen molar-refractivity contribution in [2.45, 2.75) is 130 Å². The number of benzene rings is 2. The van der Waals surface area contributed by atoms with Gasteiger partial charge in [0.15, 0.2) is 22.9 Å². The smallest absolute Gasteiger partial charge is 0.463 e. The lowest BCUT2D eigenvalue weighted by Crippen LogP contribution is -2.60. The van der Waals surface area contributed by atoms with Crippen LogP contribution in [0.25, 0.3) is 0 Å². The summed E-state index contributed by atoms with van der Waals surface area (Å²) < 4.78 is 80.5. The van der Waals surface area contributed by atoms with Crippen LogP contribution in [0.5, 0.6) is 0 Å². The van der Waals surface area contributed by atoms with Crippen LogP contribution in [0.3, 0.4) is 0 Å². The zero-order valence-electron chi connectivity index (χ0n) is 41.1. The Labute approximate surface area is 399 Å². The van der Waals surface area contributed by atoms with Crippen LogP contribution in [-0.2, 0) is 64.1 Å². The van der Waals surface area contributed by atoms with Crippen LogP contribution in [0.2, 0.25) is 39.3 Å². The van der Waals surface area contributed by atoms with Gasteiger partial charge in [0.1, 0.15) is 43.4 Å². The lowest BCUT2D eigenvalue weighted by atomic mass is 10.0. The average molecular weight is 1010 g/mol. The van der Waals surface area contributed by atoms with Crippen molar-refractivity contribution in [2.75, 3.05) is 45.9 Å². The van der Waals surface area contributed by atoms with E-state index in [0.717, 1.165) is 11.1 Å². The maximum Gasteiger partial charge on any atom is 0.659 e. The first-order chi connectivity index (χ1) is 31.5. The van der Waals surface area contributed by atoms with Crippen molar-refractivity contribution >= 4 is 52.0 Å². The molecule has 3 aromatic rings. The van der Waals surface area contributed by atoms with Crippen LogP contribution in [0, 0.1) is 0 Å². The zero-order valence-corrected chi connectivity index (χ0v) is 45.0. The summed E-state index contributed by atoms with van der Waals surface area (Å²) in [6, 6.07) is 20.9. The van der Waals surface area contributed by atoms with E-state index in [-0.39, 0.29) is 50.9 Å². The van der Waals surface area contributed by atoms with E-state index in [0.29, 0.717) is 0 Å². The van der Waals surface area contributed by atoms with Gasteiger partial charge in [-0.1, -0.05) is 60.7 Å². The standard InChI is InChI=1S/C44H71N4O15PSi3/c1-31(2)48(32(3)4)64(52-7)60-40-37(30-57-67(62-65(8,9)10,63-66(11,12)13)61-39(35-20-16-14-17-21-35)36-22-18-15-19-23-36)58-42(47-25-24-38(45)46-43(47)51)41(40)59-44(55-28-26-53-33(5)49)56-29-27-54-34(6)50/h14-25,31-32,37,39-42,44H,26-30H2,1-13H3,(H2,45,46,51)/t37-,40-,41-,42-,64?/m1/s1. The maximum absolute atomic E-state index is 13.7. The van der Waals surface area contributed by atoms with Gasteiger partial charge in [-0.2, -0.15) is 4.98 Å². The Kier molecular flexibility index (Phi) is 21.9. The molecule has 2 N–H and O–H groups in total. The van der Waals surface area contributed by atoms with Crippen LogP contribution in [0.1, 0.15) is 65.0 Å². The number of hydrogen-bond donors (Lipinski definition) is 1. The van der Waals surface area contributed by atoms with Gasteiger partial charge in [-0.25, -0.2) is 9.46 Å². The number of carbonyl (C=O) groups is 2. The third-order valence-electron chi connectivity index (χ3n) is 9.33. The number of nitrogens with two attached hydrogens (primary N) is 1. The summed E-state index contributed by atoms with van der Waals surface area (Å²) in [5, 5.41) is 0. The van der Waals surface area contributed by atoms with Crippen LogP contribution in [-0.4, -0.2) is 129 Å². The Bertz CT molecular complexity index is 1950. The molecule has 2 heterocycles. The molecule has 0 saturated carbocycles. The van der Waals surface area contributed by atoms with Crippen LogP contribution >= 0.6 is 8.53 Å². The molecule has 23 heteroatoms. The summed E-state index contributed by atoms with van der Waals surface area (Å²) in [6.45, 7) is 20.5. The van der Waals surface area contributed by atoms with Crippen LogP contribution in [0.4, 0.5) is 5.82 Å². The molecule has 0 bridgehead atoms. The first kappa shape index (κ1) is 56.3. The fourth-order valence-electron chi connectivity index (χ4n) is 6.97. The van der Waals surface area contributed by atoms with E-state index in [1.54, 1.807) is 7.11 Å². The average Bonchev–Trinajstić information content (AvgIpc) is 3.56. The van der Waals surface area contributed by atoms with E-state index in [4.69, 9.17) is 60.3 Å². The first-order valence-corrected chi connectivity index (χ1v) is 31.9. The summed E-state index contributed by atoms with van der Waals surface area (Å²) in [5.41, 5.74) is 6.94. The Morgan fingerprint density at radius 1 is 0.791 bits per heavy atom. The molecule has 1 fully saturated rings. The minimum Gasteiger partial charge on any atom is -0.463 e. The predicted octanol–water partition coefficient (Wildman–Crippen LogP) is 6.89. The molecule has 0 aliphatic carbocycles. The highest BCUT2D eigenvalue weighted by Crippen LogP contribution is 2.50. The predicted molar refractivity (Wildman–Crippen MR) is 258 cm³/mol. The van der Waals surface area contributed by atoms with Crippen molar-refractivity contribution in [1.82, 2.24) is 14.2 Å². The van der Waals surface area contributed by atoms with Crippen molar-refractivity contribution in [3.05, 3.63) is 94.5 Å². The van der Waals surface area contributed by atoms with Crippen molar-refractivity contribution in [3.8, 4) is 0 Å². The Morgan fingerprint density at radius 2 is 1.30 bits per heavy atom. The number of carbonyl (C=O) groups excluding carboxylic acids is 2. The van der Waals surface area contributed by atoms with Gasteiger partial charge in [-0.3, -0.25) is 14.2 Å². The van der Waals surface area contributed by atoms with Gasteiger partial charge in [-0.05, 0) is 84.2 Å². The van der Waals surface area contributed by atoms with E-state index in [2.05, 4.69) is 9.65 Å². The van der Waals surface area contributed by atoms with Gasteiger partial charge in [0.25, 0.3) is 15.0 Å². The van der Waals surface area contributed by atoms with Crippen molar-refractivity contribution < 1.29 is 64.1 Å². The van der Waals surface area contributed by atoms with E-state index in [9.17, 15) is 14.4 Å². The fourth-order valence-corrected chi connectivity index (χ4v) is 17.0. The van der Waals surface area contributed by atoms with Crippen LogP contribution < -0.4 is 11.4 Å². The number of hydrogen-bond acceptors (Lipinski definition) is 18. The van der Waals surface area contributed by atoms with Gasteiger partial charge in [-0.15, -0.1) is 0 Å². The lowest BCUT2D eigenvalue weighted by molar-refractivity contribution is -0.320. The van der Waals surface area contributed by atoms with E-state index in [1.165, 1.54) is 30.7 Å². The van der Waals surface area contributed by atoms with E-state index < -0.39 is 89.0 Å². The zero-order chi connectivity index (χ0) is 49.5. The Balaban J connectivity index is 1.90. The summed E-state index contributed by atoms with van der Waals surface area (Å²) in [4.78, 5) is 41.0. The molecule has 0 spiro atoms. The highest BCUT2D eigenvalue weighted by molar-refractivity contribution is 7.44. The number of aromatic nitrogens is 2. The molecule has 1 aliphatic heterocycles. The second-order valence-electron chi connectivity index (χ2n) is 18.0. The highest BCUT2D eigenvalue weighted by Gasteiger charge is 2.57. The summed E-state index contributed by atoms with van der Waals surface area (Å²) in [5.74, 6) is -1.04. The van der Waals surface area contributed by atoms with Gasteiger partial charge in [0.2, 0.25) is 0 Å². The number of ether oxygens (including phenoxy) is 6. The summed E-state index contributed by atoms with van der Waals surface area (Å²) in [7, 11) is -9.68. The monoisotopic (exact) mass is 1010 g/mol. The molecule has 1 aliphatic rings. The number of rotatable bonds is 28. The molecule has 4 rings (SSSR count). The van der Waals surface area contributed by atoms with Crippen molar-refractivity contribution in [3.63, 3.8) is 0 Å². The Hall–Kier alpha value is -3.30. The molecular weight excluding hydrogens is 940 g/mol. The Morgan fingerprint density at radius 3 is 1.73 bits per heavy atom. The molecular formula is C44H71N4O15PSi3. The fraction of sp³-hybridized carbons (Fsp3) is 0.591. The molecule has 19 nitrogen and oxygen atoms in total. The van der Waals surface area contributed by atoms with Crippen LogP contribution in [0.15, 0.2) is 77.7 Å². The van der Waals surface area contributed by atoms with Gasteiger partial charge in [0.05, 0.1) is 19.8 Å². The quantitative estimate of drug-likeness (QED) is 0.0258. The van der Waals surface area contributed by atoms with Crippen molar-refractivity contribution in [1.29, 1.82) is 0 Å². The third-order valence-corrected chi connectivity index (χ3v) is 19.3. The molecule has 0 amide bonds. The van der Waals surface area contributed by atoms with Crippen molar-refractivity contribution in [2.24, 2.45) is 0 Å². The molecule has 2 aromatic carbocycles. The highest BCUT2D eigenvalue weighted by atomic mass is 31.2. The normalized spacial score (nSPS) is 18.7. The first-order valence-electron chi connectivity index (χ1n) is 22.3. The number of esters is 2. The molecule has 67 heavy (non-hydrogen) atoms. The minimum atomic E-state index is -4.25. The molecule has 1 saturated heterocycles. The van der Waals surface area contributed by atoms with Gasteiger partial charge < -0.3 is 60.3 Å². The molecule has 5 atom stereocenters. The van der Waals surface area contributed by atoms with E-state index >= 15 is 0 Å². The second-order valence-corrected chi connectivity index (χ2v) is 31.2. The molecule has 374 valence electrons. The largest absolute Gasteiger partial charge is 0.659 e. The van der Waals surface area contributed by atoms with Gasteiger partial charge >= 0.3 is 26.7 Å². The van der Waals surface area contributed by atoms with Gasteiger partial charge in [0, 0.05) is 39.2 Å². The molecule has 0 radical (unpaired) electrons. The number of nitrogens with zero attached hydrogens (tertiary/aromatic N) is 3. The maximum atomic E-state index is 13.7. The summed E-state index contributed by atoms with van der Waals surface area (Å²) >= 11 is 0. The summed E-state index contributed by atoms with van der Waals surface area (Å²) in [6.07, 6.45) is -3.90. The third kappa shape index (κ3) is 18.2. The number of nitrogen functional groups attached to an aromatic ring is 1. The molecule has 1 aromatic heterocycles. The van der Waals surface area contributed by atoms with E-state index in [1.807, 2.05) is 128 Å². The lowest BCUT2D eigenvalue weighted by Gasteiger charge is -2.41. The molecule has 1 unspecified atom stereocenters. The SMILES string of the molecule is COP(O[C@H]1[C@@H](OC(OCCOC(C)=O)OCCOC(C)=O)[C@H](n2ccc(N)nc2=O)O[C@@H]1CO[Si](OC(c1ccccc1)c1ccccc1)(O[Si](C)(C)C)O[Si](C)(C)C)N(C(C)C)C(C)C. The second kappa shape index (κ2) is 26.1. The minimum absolute atomic E-state index is 0.0105. The topological polar surface area (TPSA) is 209 Å². The number of anilines is 1.